The first kappa shape index (κ1) is 21.6. The van der Waals surface area contributed by atoms with Crippen LogP contribution in [0.5, 0.6) is 5.75 Å². The second kappa shape index (κ2) is 9.60. The Kier molecular flexibility index (Phi) is 7.15. The van der Waals surface area contributed by atoms with Crippen LogP contribution >= 0.6 is 28.1 Å². The number of nitrogens with one attached hydrogen (secondary N) is 1. The van der Waals surface area contributed by atoms with Crippen molar-refractivity contribution in [2.24, 2.45) is 0 Å². The van der Waals surface area contributed by atoms with Crippen LogP contribution in [0.3, 0.4) is 0 Å². The van der Waals surface area contributed by atoms with Crippen molar-refractivity contribution in [3.05, 3.63) is 58.1 Å². The number of hydrogen-bond acceptors (Lipinski definition) is 4. The maximum atomic E-state index is 13.9. The zero-order valence-electron chi connectivity index (χ0n) is 15.6. The van der Waals surface area contributed by atoms with Crippen molar-refractivity contribution < 1.29 is 23.0 Å². The van der Waals surface area contributed by atoms with E-state index in [0.29, 0.717) is 40.7 Å². The number of ketones is 1. The summed E-state index contributed by atoms with van der Waals surface area (Å²) < 4.78 is 39.0. The second-order valence-electron chi connectivity index (χ2n) is 6.50. The fraction of sp³-hybridized carbons (Fsp3) is 0.300. The van der Waals surface area contributed by atoms with Crippen molar-refractivity contribution in [2.45, 2.75) is 13.0 Å². The first-order valence-electron chi connectivity index (χ1n) is 8.89. The molecule has 0 spiro atoms. The Balaban J connectivity index is 1.55. The highest BCUT2D eigenvalue weighted by molar-refractivity contribution is 9.10. The summed E-state index contributed by atoms with van der Waals surface area (Å²) in [6, 6.07) is 8.46. The SMILES string of the molecule is CC(=O)c1ccc(OCC2CN(C(=S)Nc3ccc(F)cc3Br)CCO2)cc1F. The van der Waals surface area contributed by atoms with Gasteiger partial charge in [-0.05, 0) is 65.4 Å². The molecule has 2 aromatic carbocycles. The van der Waals surface area contributed by atoms with Gasteiger partial charge in [-0.2, -0.15) is 0 Å². The van der Waals surface area contributed by atoms with Gasteiger partial charge in [-0.15, -0.1) is 0 Å². The Labute approximate surface area is 181 Å². The number of thiocarbonyl (C=S) groups is 1. The molecule has 2 aromatic rings. The molecule has 1 aliphatic heterocycles. The zero-order valence-corrected chi connectivity index (χ0v) is 18.0. The molecular weight excluding hydrogens is 466 g/mol. The summed E-state index contributed by atoms with van der Waals surface area (Å²) in [5.74, 6) is -0.973. The van der Waals surface area contributed by atoms with Gasteiger partial charge in [0.25, 0.3) is 0 Å². The van der Waals surface area contributed by atoms with Crippen molar-refractivity contribution in [1.29, 1.82) is 0 Å². The van der Waals surface area contributed by atoms with E-state index in [-0.39, 0.29) is 29.9 Å². The lowest BCUT2D eigenvalue weighted by molar-refractivity contribution is -0.0280. The van der Waals surface area contributed by atoms with Gasteiger partial charge < -0.3 is 19.7 Å². The number of morpholine rings is 1. The molecule has 1 unspecified atom stereocenters. The molecule has 0 amide bonds. The van der Waals surface area contributed by atoms with Gasteiger partial charge in [-0.3, -0.25) is 4.79 Å². The second-order valence-corrected chi connectivity index (χ2v) is 7.74. The van der Waals surface area contributed by atoms with E-state index in [4.69, 9.17) is 21.7 Å². The molecule has 9 heteroatoms. The van der Waals surface area contributed by atoms with E-state index in [1.54, 1.807) is 12.1 Å². The van der Waals surface area contributed by atoms with Gasteiger partial charge in [0.15, 0.2) is 10.9 Å². The molecule has 1 aliphatic rings. The molecule has 0 aromatic heterocycles. The Bertz CT molecular complexity index is 929. The molecule has 1 N–H and O–H groups in total. The summed E-state index contributed by atoms with van der Waals surface area (Å²) in [6.45, 7) is 3.06. The number of anilines is 1. The lowest BCUT2D eigenvalue weighted by Crippen LogP contribution is -2.49. The normalized spacial score (nSPS) is 16.4. The Morgan fingerprint density at radius 1 is 1.34 bits per heavy atom. The van der Waals surface area contributed by atoms with Crippen LogP contribution in [-0.2, 0) is 4.74 Å². The number of rotatable bonds is 5. The number of carbonyl (C=O) groups is 1. The number of halogens is 3. The quantitative estimate of drug-likeness (QED) is 0.501. The largest absolute Gasteiger partial charge is 0.491 e. The Morgan fingerprint density at radius 3 is 2.83 bits per heavy atom. The maximum Gasteiger partial charge on any atom is 0.173 e. The predicted molar refractivity (Wildman–Crippen MR) is 114 cm³/mol. The van der Waals surface area contributed by atoms with Gasteiger partial charge in [0, 0.05) is 23.6 Å². The van der Waals surface area contributed by atoms with E-state index in [9.17, 15) is 13.6 Å². The van der Waals surface area contributed by atoms with Crippen LogP contribution < -0.4 is 10.1 Å². The van der Waals surface area contributed by atoms with E-state index in [1.807, 2.05) is 4.90 Å². The third-order valence-electron chi connectivity index (χ3n) is 4.35. The number of nitrogens with zero attached hydrogens (tertiary/aromatic N) is 1. The van der Waals surface area contributed by atoms with E-state index < -0.39 is 5.82 Å². The summed E-state index contributed by atoms with van der Waals surface area (Å²) in [7, 11) is 0. The van der Waals surface area contributed by atoms with E-state index >= 15 is 0 Å². The number of Topliss-reactive ketones (excluding diaryl/α,β-unsaturated/α-hetero) is 1. The molecule has 0 bridgehead atoms. The van der Waals surface area contributed by atoms with E-state index in [1.165, 1.54) is 31.2 Å². The standard InChI is InChI=1S/C20H19BrF2N2O3S/c1-12(26)16-4-3-14(9-18(16)23)28-11-15-10-25(6-7-27-15)20(29)24-19-5-2-13(22)8-17(19)21/h2-5,8-9,15H,6-7,10-11H2,1H3,(H,24,29). The molecule has 29 heavy (non-hydrogen) atoms. The van der Waals surface area contributed by atoms with Gasteiger partial charge in [-0.1, -0.05) is 0 Å². The van der Waals surface area contributed by atoms with Crippen LogP contribution in [0.2, 0.25) is 0 Å². The third kappa shape index (κ3) is 5.71. The van der Waals surface area contributed by atoms with Gasteiger partial charge >= 0.3 is 0 Å². The van der Waals surface area contributed by atoms with Crippen molar-refractivity contribution in [3.63, 3.8) is 0 Å². The summed E-state index contributed by atoms with van der Waals surface area (Å²) in [5, 5.41) is 3.58. The molecule has 0 radical (unpaired) electrons. The number of benzene rings is 2. The fourth-order valence-electron chi connectivity index (χ4n) is 2.85. The first-order valence-corrected chi connectivity index (χ1v) is 10.1. The monoisotopic (exact) mass is 484 g/mol. The van der Waals surface area contributed by atoms with Gasteiger partial charge in [-0.25, -0.2) is 8.78 Å². The molecule has 154 valence electrons. The van der Waals surface area contributed by atoms with Crippen molar-refractivity contribution in [2.75, 3.05) is 31.6 Å². The predicted octanol–water partition coefficient (Wildman–Crippen LogP) is 4.41. The minimum atomic E-state index is -0.614. The summed E-state index contributed by atoms with van der Waals surface area (Å²) in [6.07, 6.45) is -0.268. The summed E-state index contributed by atoms with van der Waals surface area (Å²) >= 11 is 8.76. The van der Waals surface area contributed by atoms with Gasteiger partial charge in [0.1, 0.15) is 30.1 Å². The lowest BCUT2D eigenvalue weighted by atomic mass is 10.1. The van der Waals surface area contributed by atoms with Gasteiger partial charge in [0.2, 0.25) is 0 Å². The smallest absolute Gasteiger partial charge is 0.173 e. The number of carbonyl (C=O) groups excluding carboxylic acids is 1. The molecule has 1 fully saturated rings. The molecule has 1 atom stereocenters. The zero-order chi connectivity index (χ0) is 21.0. The number of ether oxygens (including phenoxy) is 2. The molecule has 5 nitrogen and oxygen atoms in total. The topological polar surface area (TPSA) is 50.8 Å². The minimum absolute atomic E-state index is 0.0285. The Morgan fingerprint density at radius 2 is 2.14 bits per heavy atom. The van der Waals surface area contributed by atoms with Crippen molar-refractivity contribution in [1.82, 2.24) is 4.90 Å². The molecule has 0 saturated carbocycles. The van der Waals surface area contributed by atoms with Crippen LogP contribution in [-0.4, -0.2) is 48.2 Å². The molecule has 0 aliphatic carbocycles. The highest BCUT2D eigenvalue weighted by Crippen LogP contribution is 2.24. The molecule has 1 heterocycles. The van der Waals surface area contributed by atoms with Crippen molar-refractivity contribution in [3.8, 4) is 5.75 Å². The molecule has 3 rings (SSSR count). The van der Waals surface area contributed by atoms with E-state index in [2.05, 4.69) is 21.2 Å². The number of hydrogen-bond donors (Lipinski definition) is 1. The first-order chi connectivity index (χ1) is 13.8. The van der Waals surface area contributed by atoms with Crippen LogP contribution in [0.4, 0.5) is 14.5 Å². The maximum absolute atomic E-state index is 13.9. The van der Waals surface area contributed by atoms with E-state index in [0.717, 1.165) is 0 Å². The van der Waals surface area contributed by atoms with Crippen LogP contribution in [0.15, 0.2) is 40.9 Å². The minimum Gasteiger partial charge on any atom is -0.491 e. The average molecular weight is 485 g/mol. The van der Waals surface area contributed by atoms with Crippen LogP contribution in [0.1, 0.15) is 17.3 Å². The highest BCUT2D eigenvalue weighted by atomic mass is 79.9. The third-order valence-corrected chi connectivity index (χ3v) is 5.37. The Hall–Kier alpha value is -2.10. The summed E-state index contributed by atoms with van der Waals surface area (Å²) in [5.41, 5.74) is 0.692. The molecule has 1 saturated heterocycles. The molecular formula is C20H19BrF2N2O3S. The van der Waals surface area contributed by atoms with Crippen LogP contribution in [0, 0.1) is 11.6 Å². The fourth-order valence-corrected chi connectivity index (χ4v) is 3.58. The lowest BCUT2D eigenvalue weighted by Gasteiger charge is -2.34. The summed E-state index contributed by atoms with van der Waals surface area (Å²) in [4.78, 5) is 13.2. The van der Waals surface area contributed by atoms with Gasteiger partial charge in [0.05, 0.1) is 17.9 Å². The van der Waals surface area contributed by atoms with Crippen molar-refractivity contribution >= 4 is 44.7 Å². The van der Waals surface area contributed by atoms with Crippen LogP contribution in [0.25, 0.3) is 0 Å². The highest BCUT2D eigenvalue weighted by Gasteiger charge is 2.23. The average Bonchev–Trinajstić information content (AvgIpc) is 2.68.